The summed E-state index contributed by atoms with van der Waals surface area (Å²) >= 11 is 6.31. The molecule has 1 saturated heterocycles. The van der Waals surface area contributed by atoms with Crippen LogP contribution in [0, 0.1) is 0 Å². The van der Waals surface area contributed by atoms with Gasteiger partial charge in [-0.1, -0.05) is 41.9 Å². The fraction of sp³-hybridized carbons (Fsp3) is 0.346. The van der Waals surface area contributed by atoms with E-state index in [1.807, 2.05) is 41.3 Å². The predicted octanol–water partition coefficient (Wildman–Crippen LogP) is 3.76. The fourth-order valence-electron chi connectivity index (χ4n) is 4.56. The Morgan fingerprint density at radius 3 is 2.62 bits per heavy atom. The maximum absolute atomic E-state index is 13.2. The lowest BCUT2D eigenvalue weighted by Crippen LogP contribution is -2.41. The summed E-state index contributed by atoms with van der Waals surface area (Å²) in [6.45, 7) is 3.88. The van der Waals surface area contributed by atoms with E-state index in [-0.39, 0.29) is 5.91 Å². The van der Waals surface area contributed by atoms with Gasteiger partial charge in [-0.3, -0.25) is 4.79 Å². The molecule has 34 heavy (non-hydrogen) atoms. The van der Waals surface area contributed by atoms with Gasteiger partial charge in [0, 0.05) is 43.6 Å². The molecule has 7 nitrogen and oxygen atoms in total. The summed E-state index contributed by atoms with van der Waals surface area (Å²) < 4.78 is 11.1. The molecule has 8 heteroatoms. The molecule has 3 heterocycles. The Bertz CT molecular complexity index is 1200. The Balaban J connectivity index is 1.49. The van der Waals surface area contributed by atoms with Crippen molar-refractivity contribution in [2.45, 2.75) is 19.4 Å². The third-order valence-corrected chi connectivity index (χ3v) is 6.66. The second-order valence-electron chi connectivity index (χ2n) is 8.43. The number of hydrogen-bond acceptors (Lipinski definition) is 6. The highest BCUT2D eigenvalue weighted by Gasteiger charge is 2.29. The van der Waals surface area contributed by atoms with E-state index in [0.717, 1.165) is 47.3 Å². The van der Waals surface area contributed by atoms with Crippen molar-refractivity contribution in [1.29, 1.82) is 0 Å². The summed E-state index contributed by atoms with van der Waals surface area (Å²) in [5, 5.41) is 0.468. The molecule has 0 radical (unpaired) electrons. The number of morpholine rings is 1. The second-order valence-corrected chi connectivity index (χ2v) is 8.84. The van der Waals surface area contributed by atoms with Crippen molar-refractivity contribution in [3.8, 4) is 5.75 Å². The van der Waals surface area contributed by atoms with Crippen LogP contribution < -0.4 is 9.64 Å². The van der Waals surface area contributed by atoms with Crippen LogP contribution in [0.5, 0.6) is 5.75 Å². The van der Waals surface area contributed by atoms with Gasteiger partial charge in [0.15, 0.2) is 0 Å². The van der Waals surface area contributed by atoms with Crippen LogP contribution in [0.2, 0.25) is 5.02 Å². The van der Waals surface area contributed by atoms with Gasteiger partial charge in [0.05, 0.1) is 43.1 Å². The van der Waals surface area contributed by atoms with E-state index in [9.17, 15) is 4.79 Å². The minimum absolute atomic E-state index is 0.0673. The van der Waals surface area contributed by atoms with E-state index in [1.54, 1.807) is 19.2 Å². The van der Waals surface area contributed by atoms with E-state index in [4.69, 9.17) is 31.0 Å². The highest BCUT2D eigenvalue weighted by Crippen LogP contribution is 2.30. The maximum atomic E-state index is 13.2. The smallest absolute Gasteiger partial charge is 0.255 e. The zero-order valence-electron chi connectivity index (χ0n) is 19.2. The number of para-hydroxylation sites is 1. The molecule has 0 unspecified atom stereocenters. The largest absolute Gasteiger partial charge is 0.496 e. The predicted molar refractivity (Wildman–Crippen MR) is 131 cm³/mol. The number of hydrogen-bond donors (Lipinski definition) is 0. The molecule has 0 spiro atoms. The normalized spacial score (nSPS) is 15.7. The van der Waals surface area contributed by atoms with Crippen LogP contribution in [0.4, 0.5) is 5.82 Å². The van der Waals surface area contributed by atoms with E-state index in [0.29, 0.717) is 49.7 Å². The topological polar surface area (TPSA) is 67.8 Å². The number of carbonyl (C=O) groups excluding carboxylic acids is 1. The molecular formula is C26H27ClN4O3. The quantitative estimate of drug-likeness (QED) is 0.556. The number of carbonyl (C=O) groups is 1. The molecule has 2 aromatic carbocycles. The number of ether oxygens (including phenoxy) is 2. The summed E-state index contributed by atoms with van der Waals surface area (Å²) in [6.07, 6.45) is 1.25. The molecule has 2 aliphatic heterocycles. The number of amides is 1. The number of aromatic nitrogens is 2. The van der Waals surface area contributed by atoms with Gasteiger partial charge in [-0.25, -0.2) is 9.97 Å². The molecule has 2 aliphatic rings. The van der Waals surface area contributed by atoms with Gasteiger partial charge < -0.3 is 19.3 Å². The number of nitrogens with zero attached hydrogens (tertiary/aromatic N) is 4. The molecule has 0 atom stereocenters. The minimum atomic E-state index is -0.0673. The van der Waals surface area contributed by atoms with Crippen molar-refractivity contribution < 1.29 is 14.3 Å². The molecule has 0 bridgehead atoms. The first-order valence-electron chi connectivity index (χ1n) is 11.5. The van der Waals surface area contributed by atoms with Crippen LogP contribution in [-0.4, -0.2) is 60.7 Å². The van der Waals surface area contributed by atoms with Crippen molar-refractivity contribution in [3.63, 3.8) is 0 Å². The first-order valence-corrected chi connectivity index (χ1v) is 11.9. The molecule has 3 aromatic rings. The Morgan fingerprint density at radius 1 is 1.06 bits per heavy atom. The minimum Gasteiger partial charge on any atom is -0.496 e. The molecule has 0 saturated carbocycles. The summed E-state index contributed by atoms with van der Waals surface area (Å²) in [4.78, 5) is 27.3. The Hall–Kier alpha value is -3.16. The van der Waals surface area contributed by atoms with Gasteiger partial charge >= 0.3 is 0 Å². The van der Waals surface area contributed by atoms with E-state index in [1.165, 1.54) is 0 Å². The van der Waals surface area contributed by atoms with Crippen LogP contribution >= 0.6 is 11.6 Å². The molecule has 1 aromatic heterocycles. The third-order valence-electron chi connectivity index (χ3n) is 6.33. The third kappa shape index (κ3) is 4.58. The van der Waals surface area contributed by atoms with Crippen molar-refractivity contribution in [2.75, 3.05) is 44.9 Å². The summed E-state index contributed by atoms with van der Waals surface area (Å²) in [5.74, 6) is 2.42. The molecule has 5 rings (SSSR count). The van der Waals surface area contributed by atoms with Crippen molar-refractivity contribution in [3.05, 3.63) is 81.8 Å². The van der Waals surface area contributed by atoms with Gasteiger partial charge in [-0.15, -0.1) is 0 Å². The highest BCUT2D eigenvalue weighted by atomic mass is 35.5. The van der Waals surface area contributed by atoms with Crippen molar-refractivity contribution in [1.82, 2.24) is 14.9 Å². The van der Waals surface area contributed by atoms with Crippen LogP contribution in [0.15, 0.2) is 48.5 Å². The van der Waals surface area contributed by atoms with Crippen molar-refractivity contribution in [2.24, 2.45) is 0 Å². The average Bonchev–Trinajstić information content (AvgIpc) is 2.88. The highest BCUT2D eigenvalue weighted by molar-refractivity contribution is 6.33. The standard InChI is InChI=1S/C26H27ClN4O3/c1-33-23-9-5-2-6-18(23)16-24-28-22-10-11-31(26(32)19-7-3-4-8-21(19)27)17-20(22)25(29-24)30-12-14-34-15-13-30/h2-9H,10-17H2,1H3. The lowest BCUT2D eigenvalue weighted by atomic mass is 10.0. The van der Waals surface area contributed by atoms with Crippen molar-refractivity contribution >= 4 is 23.3 Å². The van der Waals surface area contributed by atoms with Gasteiger partial charge in [-0.2, -0.15) is 0 Å². The van der Waals surface area contributed by atoms with E-state index < -0.39 is 0 Å². The molecule has 1 amide bonds. The van der Waals surface area contributed by atoms with Gasteiger partial charge in [0.25, 0.3) is 5.91 Å². The summed E-state index contributed by atoms with van der Waals surface area (Å²) in [5.41, 5.74) is 3.58. The lowest BCUT2D eigenvalue weighted by molar-refractivity contribution is 0.0733. The number of methoxy groups -OCH3 is 1. The maximum Gasteiger partial charge on any atom is 0.255 e. The number of rotatable bonds is 5. The monoisotopic (exact) mass is 478 g/mol. The first kappa shape index (κ1) is 22.6. The molecule has 1 fully saturated rings. The zero-order chi connectivity index (χ0) is 23.5. The zero-order valence-corrected chi connectivity index (χ0v) is 19.9. The molecular weight excluding hydrogens is 452 g/mol. The van der Waals surface area contributed by atoms with Crippen LogP contribution in [-0.2, 0) is 24.1 Å². The van der Waals surface area contributed by atoms with E-state index >= 15 is 0 Å². The number of benzene rings is 2. The van der Waals surface area contributed by atoms with Crippen LogP contribution in [0.3, 0.4) is 0 Å². The summed E-state index contributed by atoms with van der Waals surface area (Å²) in [7, 11) is 1.68. The Labute approximate surface area is 204 Å². The summed E-state index contributed by atoms with van der Waals surface area (Å²) in [6, 6.07) is 15.1. The molecule has 0 N–H and O–H groups in total. The molecule has 0 aliphatic carbocycles. The Kier molecular flexibility index (Phi) is 6.65. The fourth-order valence-corrected chi connectivity index (χ4v) is 4.78. The average molecular weight is 479 g/mol. The van der Waals surface area contributed by atoms with Gasteiger partial charge in [-0.05, 0) is 18.2 Å². The number of halogens is 1. The van der Waals surface area contributed by atoms with Crippen LogP contribution in [0.25, 0.3) is 0 Å². The number of fused-ring (bicyclic) bond motifs is 1. The van der Waals surface area contributed by atoms with Crippen LogP contribution in [0.1, 0.15) is 33.0 Å². The van der Waals surface area contributed by atoms with Gasteiger partial charge in [0.2, 0.25) is 0 Å². The van der Waals surface area contributed by atoms with Gasteiger partial charge in [0.1, 0.15) is 17.4 Å². The SMILES string of the molecule is COc1ccccc1Cc1nc2c(c(N3CCOCC3)n1)CN(C(=O)c1ccccc1Cl)CC2. The number of anilines is 1. The lowest BCUT2D eigenvalue weighted by Gasteiger charge is -2.34. The first-order chi connectivity index (χ1) is 16.6. The molecule has 176 valence electrons. The Morgan fingerprint density at radius 2 is 1.82 bits per heavy atom. The second kappa shape index (κ2) is 9.99. The van der Waals surface area contributed by atoms with E-state index in [2.05, 4.69) is 4.90 Å².